The van der Waals surface area contributed by atoms with E-state index in [1.54, 1.807) is 0 Å². The Morgan fingerprint density at radius 2 is 1.94 bits per heavy atom. The summed E-state index contributed by atoms with van der Waals surface area (Å²) in [5.74, 6) is 1.70. The second-order valence-electron chi connectivity index (χ2n) is 4.07. The summed E-state index contributed by atoms with van der Waals surface area (Å²) in [5, 5.41) is 3.14. The van der Waals surface area contributed by atoms with E-state index in [-0.39, 0.29) is 0 Å². The third-order valence-corrected chi connectivity index (χ3v) is 4.01. The molecular formula is C14H16IN3. The van der Waals surface area contributed by atoms with Crippen LogP contribution < -0.4 is 5.32 Å². The van der Waals surface area contributed by atoms with Crippen molar-refractivity contribution >= 4 is 28.4 Å². The minimum atomic E-state index is 0.801. The molecule has 18 heavy (non-hydrogen) atoms. The maximum Gasteiger partial charge on any atom is 0.162 e. The van der Waals surface area contributed by atoms with E-state index in [1.165, 1.54) is 5.56 Å². The van der Waals surface area contributed by atoms with E-state index in [1.807, 2.05) is 19.2 Å². The van der Waals surface area contributed by atoms with Crippen LogP contribution in [0.5, 0.6) is 0 Å². The number of rotatable bonds is 3. The summed E-state index contributed by atoms with van der Waals surface area (Å²) in [7, 11) is 1.89. The van der Waals surface area contributed by atoms with Gasteiger partial charge in [0.05, 0.1) is 9.26 Å². The highest BCUT2D eigenvalue weighted by Gasteiger charge is 2.12. The predicted molar refractivity (Wildman–Crippen MR) is 83.8 cm³/mol. The third kappa shape index (κ3) is 2.48. The molecule has 0 aliphatic carbocycles. The highest BCUT2D eigenvalue weighted by molar-refractivity contribution is 14.1. The summed E-state index contributed by atoms with van der Waals surface area (Å²) in [4.78, 5) is 9.27. The maximum absolute atomic E-state index is 4.67. The highest BCUT2D eigenvalue weighted by Crippen LogP contribution is 2.25. The number of hydrogen-bond acceptors (Lipinski definition) is 3. The average molecular weight is 353 g/mol. The van der Waals surface area contributed by atoms with Crippen molar-refractivity contribution in [1.29, 1.82) is 0 Å². The molecule has 0 spiro atoms. The molecule has 0 radical (unpaired) electrons. The molecule has 1 N–H and O–H groups in total. The molecule has 2 rings (SSSR count). The predicted octanol–water partition coefficient (Wildman–Crippen LogP) is 3.66. The van der Waals surface area contributed by atoms with E-state index in [0.29, 0.717) is 0 Å². The number of hydrogen-bond donors (Lipinski definition) is 1. The standard InChI is InChI=1S/C14H16IN3/c1-4-11-12(15)14(16-3)18-13(17-11)10-8-6-5-7-9(10)2/h5-8H,4H2,1-3H3,(H,16,17,18). The highest BCUT2D eigenvalue weighted by atomic mass is 127. The fourth-order valence-electron chi connectivity index (χ4n) is 1.84. The summed E-state index contributed by atoms with van der Waals surface area (Å²) in [6.07, 6.45) is 0.911. The number of halogens is 1. The first-order valence-electron chi connectivity index (χ1n) is 5.97. The number of aromatic nitrogens is 2. The first kappa shape index (κ1) is 13.3. The number of benzene rings is 1. The Balaban J connectivity index is 2.62. The number of aryl methyl sites for hydroxylation is 2. The maximum atomic E-state index is 4.67. The second kappa shape index (κ2) is 5.65. The van der Waals surface area contributed by atoms with Crippen molar-refractivity contribution in [2.45, 2.75) is 20.3 Å². The fourth-order valence-corrected chi connectivity index (χ4v) is 2.73. The molecule has 0 atom stereocenters. The minimum absolute atomic E-state index is 0.801. The van der Waals surface area contributed by atoms with Crippen molar-refractivity contribution in [3.63, 3.8) is 0 Å². The monoisotopic (exact) mass is 353 g/mol. The SMILES string of the molecule is CCc1nc(-c2ccccc2C)nc(NC)c1I. The largest absolute Gasteiger partial charge is 0.372 e. The summed E-state index contributed by atoms with van der Waals surface area (Å²) in [6, 6.07) is 8.21. The molecule has 0 aliphatic rings. The lowest BCUT2D eigenvalue weighted by Crippen LogP contribution is -2.05. The summed E-state index contributed by atoms with van der Waals surface area (Å²) in [5.41, 5.74) is 3.39. The van der Waals surface area contributed by atoms with Crippen LogP contribution in [0, 0.1) is 10.5 Å². The Kier molecular flexibility index (Phi) is 4.16. The van der Waals surface area contributed by atoms with Crippen LogP contribution in [-0.4, -0.2) is 17.0 Å². The van der Waals surface area contributed by atoms with Crippen molar-refractivity contribution in [1.82, 2.24) is 9.97 Å². The molecule has 0 fully saturated rings. The normalized spacial score (nSPS) is 10.4. The second-order valence-corrected chi connectivity index (χ2v) is 5.15. The van der Waals surface area contributed by atoms with Crippen LogP contribution in [0.1, 0.15) is 18.2 Å². The quantitative estimate of drug-likeness (QED) is 0.856. The van der Waals surface area contributed by atoms with E-state index < -0.39 is 0 Å². The van der Waals surface area contributed by atoms with E-state index >= 15 is 0 Å². The van der Waals surface area contributed by atoms with E-state index in [0.717, 1.165) is 32.9 Å². The molecule has 0 saturated carbocycles. The van der Waals surface area contributed by atoms with E-state index in [2.05, 4.69) is 63.9 Å². The van der Waals surface area contributed by atoms with Gasteiger partial charge in [-0.2, -0.15) is 0 Å². The Morgan fingerprint density at radius 3 is 2.56 bits per heavy atom. The van der Waals surface area contributed by atoms with Gasteiger partial charge in [-0.1, -0.05) is 31.2 Å². The Labute approximate surface area is 121 Å². The Bertz CT molecular complexity index is 542. The van der Waals surface area contributed by atoms with Crippen LogP contribution in [-0.2, 0) is 6.42 Å². The molecule has 3 nitrogen and oxygen atoms in total. The zero-order valence-electron chi connectivity index (χ0n) is 10.8. The molecule has 0 unspecified atom stereocenters. The first-order chi connectivity index (χ1) is 8.67. The van der Waals surface area contributed by atoms with Crippen LogP contribution in [0.4, 0.5) is 5.82 Å². The zero-order valence-corrected chi connectivity index (χ0v) is 12.9. The van der Waals surface area contributed by atoms with Gasteiger partial charge in [-0.3, -0.25) is 0 Å². The molecule has 0 saturated heterocycles. The van der Waals surface area contributed by atoms with Gasteiger partial charge in [0.2, 0.25) is 0 Å². The Morgan fingerprint density at radius 1 is 1.22 bits per heavy atom. The molecule has 2 aromatic rings. The van der Waals surface area contributed by atoms with Gasteiger partial charge < -0.3 is 5.32 Å². The van der Waals surface area contributed by atoms with Gasteiger partial charge in [0, 0.05) is 12.6 Å². The molecule has 0 amide bonds. The fraction of sp³-hybridized carbons (Fsp3) is 0.286. The molecule has 1 aromatic carbocycles. The summed E-state index contributed by atoms with van der Waals surface area (Å²) >= 11 is 2.30. The van der Waals surface area contributed by atoms with Crippen LogP contribution >= 0.6 is 22.6 Å². The van der Waals surface area contributed by atoms with Crippen LogP contribution in [0.25, 0.3) is 11.4 Å². The molecule has 0 bridgehead atoms. The van der Waals surface area contributed by atoms with E-state index in [4.69, 9.17) is 0 Å². The number of nitrogens with one attached hydrogen (secondary N) is 1. The van der Waals surface area contributed by atoms with Gasteiger partial charge in [-0.05, 0) is 41.5 Å². The lowest BCUT2D eigenvalue weighted by atomic mass is 10.1. The minimum Gasteiger partial charge on any atom is -0.372 e. The molecular weight excluding hydrogens is 337 g/mol. The van der Waals surface area contributed by atoms with Gasteiger partial charge >= 0.3 is 0 Å². The lowest BCUT2D eigenvalue weighted by Gasteiger charge is -2.11. The molecule has 1 aromatic heterocycles. The molecule has 4 heteroatoms. The third-order valence-electron chi connectivity index (χ3n) is 2.88. The van der Waals surface area contributed by atoms with Crippen molar-refractivity contribution < 1.29 is 0 Å². The van der Waals surface area contributed by atoms with Gasteiger partial charge in [0.1, 0.15) is 5.82 Å². The number of anilines is 1. The van der Waals surface area contributed by atoms with Gasteiger partial charge in [0.15, 0.2) is 5.82 Å². The topological polar surface area (TPSA) is 37.8 Å². The van der Waals surface area contributed by atoms with Crippen molar-refractivity contribution in [3.05, 3.63) is 39.1 Å². The zero-order chi connectivity index (χ0) is 13.1. The molecule has 1 heterocycles. The van der Waals surface area contributed by atoms with Crippen LogP contribution in [0.15, 0.2) is 24.3 Å². The molecule has 0 aliphatic heterocycles. The average Bonchev–Trinajstić information content (AvgIpc) is 2.40. The van der Waals surface area contributed by atoms with Crippen LogP contribution in [0.2, 0.25) is 0 Å². The molecule has 94 valence electrons. The van der Waals surface area contributed by atoms with Crippen molar-refractivity contribution in [3.8, 4) is 11.4 Å². The van der Waals surface area contributed by atoms with Crippen molar-refractivity contribution in [2.75, 3.05) is 12.4 Å². The van der Waals surface area contributed by atoms with E-state index in [9.17, 15) is 0 Å². The first-order valence-corrected chi connectivity index (χ1v) is 7.05. The Hall–Kier alpha value is -1.17. The van der Waals surface area contributed by atoms with Gasteiger partial charge in [-0.15, -0.1) is 0 Å². The van der Waals surface area contributed by atoms with Crippen molar-refractivity contribution in [2.24, 2.45) is 0 Å². The van der Waals surface area contributed by atoms with Crippen LogP contribution in [0.3, 0.4) is 0 Å². The lowest BCUT2D eigenvalue weighted by molar-refractivity contribution is 0.988. The van der Waals surface area contributed by atoms with Gasteiger partial charge in [0.25, 0.3) is 0 Å². The summed E-state index contributed by atoms with van der Waals surface area (Å²) in [6.45, 7) is 4.20. The smallest absolute Gasteiger partial charge is 0.162 e. The van der Waals surface area contributed by atoms with Gasteiger partial charge in [-0.25, -0.2) is 9.97 Å². The summed E-state index contributed by atoms with van der Waals surface area (Å²) < 4.78 is 1.11. The number of nitrogens with zero attached hydrogens (tertiary/aromatic N) is 2.